The van der Waals surface area contributed by atoms with E-state index in [1.165, 1.54) is 19.1 Å². The van der Waals surface area contributed by atoms with Crippen molar-refractivity contribution in [2.24, 2.45) is 33.7 Å². The van der Waals surface area contributed by atoms with Gasteiger partial charge in [-0.25, -0.2) is 21.4 Å². The first-order valence-electron chi connectivity index (χ1n) is 34.5. The Hall–Kier alpha value is -6.72. The third-order valence-corrected chi connectivity index (χ3v) is 10.5. The summed E-state index contributed by atoms with van der Waals surface area (Å²) in [7, 11) is 0. The summed E-state index contributed by atoms with van der Waals surface area (Å²) in [6, 6.07) is 19.4. The molecule has 0 spiro atoms. The number of ether oxygens (including phenoxy) is 4. The Bertz CT molecular complexity index is 2600. The van der Waals surface area contributed by atoms with Crippen LogP contribution in [0.1, 0.15) is 269 Å². The van der Waals surface area contributed by atoms with Gasteiger partial charge in [0, 0.05) is 14.9 Å². The summed E-state index contributed by atoms with van der Waals surface area (Å²) in [5.41, 5.74) is 27.6. The second kappa shape index (κ2) is 82.3. The fourth-order valence-electron chi connectivity index (χ4n) is 6.81. The third kappa shape index (κ3) is 86.2. The number of nitrogens with two attached hydrogens (primary N) is 5. The van der Waals surface area contributed by atoms with Crippen LogP contribution >= 0.6 is 0 Å². The van der Waals surface area contributed by atoms with Crippen molar-refractivity contribution in [2.45, 2.75) is 328 Å². The van der Waals surface area contributed by atoms with Crippen LogP contribution in [-0.2, 0) is 81.4 Å². The number of primary amides is 1. The zero-order valence-corrected chi connectivity index (χ0v) is 67.6. The van der Waals surface area contributed by atoms with E-state index in [1.54, 1.807) is 117 Å². The minimum Gasteiger partial charge on any atom is -0.540 e. The number of amides is 1. The van der Waals surface area contributed by atoms with Gasteiger partial charge >= 0.3 is 53.4 Å². The van der Waals surface area contributed by atoms with Crippen LogP contribution in [0.5, 0.6) is 5.75 Å². The standard InChI is InChI=1S/C35H50N4O9.C9H12N2O.C6H13N4O2.C6H12O2.C5H10O2.6C2H6.6CH4.Na.H2/c1-34(2,3)47-31(45)28(41)25(14-10-11-19-36)37-33(39-27(30(43)44)21-22-12-8-7-9-13-22)38-26(20-23-15-17-24(40)18-16-23)29(42)32(46)48-35(4,5)6;10-8(9(11)12)6-7-4-2-1-3-5-7;7-6(8)9-3-1-2-5(4-11)10-12;1-5(7)8-6(2,3)4;1-5(2,3)7-4-6;6*1-2;;;;;;;;/h7-9,12-13,15-18,25-27,33,37-40H,10-11,14,19-21,36H2,1-6H3,(H,43,44);1-5,8H,6,10H2,(H2,11,12);5,10,12H,1-3H2,(H4,7,8,9);1-4H3;4H,1-3H3;6*1-2H3;6*1H4;;1H/q;;-1;;;;;;;;;;;;;;;+1;/t25-,26-,27-,33?;8-;5-;;;;;;;;;;;;;;;;/m000................/s1/i;;;;4D;;;;;;;;;;;;;;1+1. The first-order valence-corrected chi connectivity index (χ1v) is 34.0. The van der Waals surface area contributed by atoms with Crippen LogP contribution in [0, 0.1) is 0 Å². The number of rotatable bonds is 28. The number of phenolic OH excluding ortho intramolecular Hbond substituents is 1. The molecular weight excluding hydrogens is 1370 g/mol. The van der Waals surface area contributed by atoms with Crippen molar-refractivity contribution < 1.29 is 110 Å². The third-order valence-electron chi connectivity index (χ3n) is 10.5. The predicted octanol–water partition coefficient (Wildman–Crippen LogP) is 10.4. The SMILES string of the molecule is C.C.C.C.C.C.CC.CC.CC.CC.CC.CC.CC(=O)OC(C)(C)C.CC(C)(C)OC(=O)C(=O)[C@H](CCCCN)NC(N[C@@H](Cc1ccccc1)C(=O)O)N[C@@H](Cc1ccc(O)cc1)C(=O)C(=O)OC(C)(C)C.NC(=O)[C@@H](N)Cc1ccccc1.NC(N)=NCCC[C@@H]([C-]=O)NO.[2HH].[2H]C(=O)OC(C)(C)C.[Na+]. The summed E-state index contributed by atoms with van der Waals surface area (Å²) in [5.74, 6) is -5.96. The second-order valence-electron chi connectivity index (χ2n) is 23.5. The molecule has 0 bridgehead atoms. The monoisotopic (exact) mass is 1530 g/mol. The summed E-state index contributed by atoms with van der Waals surface area (Å²) in [4.78, 5) is 110. The first kappa shape index (κ1) is 132. The number of carboxylic acid groups (broad SMARTS) is 1. The summed E-state index contributed by atoms with van der Waals surface area (Å²) < 4.78 is 26.3. The first-order chi connectivity index (χ1) is 46.6. The van der Waals surface area contributed by atoms with Crippen LogP contribution in [-0.4, -0.2) is 147 Å². The molecule has 0 heterocycles. The number of guanidine groups is 1. The van der Waals surface area contributed by atoms with Gasteiger partial charge in [-0.15, -0.1) is 0 Å². The number of aliphatic imine (C=N–C) groups is 1. The molecule has 0 aromatic heterocycles. The van der Waals surface area contributed by atoms with Gasteiger partial charge in [0.15, 0.2) is 7.33 Å². The molecule has 3 aromatic rings. The molecule has 1 unspecified atom stereocenters. The number of hydroxylamine groups is 1. The van der Waals surface area contributed by atoms with Crippen molar-refractivity contribution in [3.8, 4) is 5.75 Å². The molecule has 0 aliphatic rings. The minimum absolute atomic E-state index is 0. The number of carbonyl (C=O) groups is 8. The largest absolute Gasteiger partial charge is 1.00 e. The van der Waals surface area contributed by atoms with Gasteiger partial charge in [0.1, 0.15) is 40.5 Å². The molecule has 6 atom stereocenters. The Labute approximate surface area is 669 Å². The molecule has 0 radical (unpaired) electrons. The van der Waals surface area contributed by atoms with E-state index in [2.05, 4.69) is 25.7 Å². The van der Waals surface area contributed by atoms with E-state index in [0.29, 0.717) is 56.3 Å². The molecule has 0 saturated carbocycles. The number of esters is 3. The number of nitrogens with one attached hydrogen (secondary N) is 4. The molecule has 622 valence electrons. The van der Waals surface area contributed by atoms with Gasteiger partial charge in [-0.2, -0.15) is 0 Å². The maximum absolute atomic E-state index is 13.6. The van der Waals surface area contributed by atoms with E-state index >= 15 is 0 Å². The molecule has 0 aliphatic carbocycles. The van der Waals surface area contributed by atoms with Gasteiger partial charge < -0.3 is 67.8 Å². The molecule has 0 fully saturated rings. The molecule has 17 N–H and O–H groups in total. The van der Waals surface area contributed by atoms with Crippen LogP contribution in [0.2, 0.25) is 0 Å². The zero-order valence-electron chi connectivity index (χ0n) is 66.6. The molecule has 3 aromatic carbocycles. The van der Waals surface area contributed by atoms with Crippen LogP contribution in [0.3, 0.4) is 0 Å². The van der Waals surface area contributed by atoms with E-state index in [9.17, 15) is 53.4 Å². The summed E-state index contributed by atoms with van der Waals surface area (Å²) in [6.07, 6.45) is 1.98. The number of hydrogen-bond donors (Lipinski definition) is 12. The van der Waals surface area contributed by atoms with Crippen LogP contribution in [0.25, 0.3) is 0 Å². The molecule has 0 aliphatic heterocycles. The van der Waals surface area contributed by atoms with Crippen molar-refractivity contribution >= 4 is 60.0 Å². The second-order valence-corrected chi connectivity index (χ2v) is 23.5. The maximum Gasteiger partial charge on any atom is 1.00 e. The van der Waals surface area contributed by atoms with Crippen LogP contribution < -0.4 is 79.7 Å². The number of hydrogen-bond acceptors (Lipinski definition) is 22. The van der Waals surface area contributed by atoms with Gasteiger partial charge in [-0.05, 0) is 157 Å². The van der Waals surface area contributed by atoms with Crippen molar-refractivity contribution in [3.05, 3.63) is 102 Å². The topological polar surface area (TPSA) is 442 Å². The number of aliphatic carboxylic acids is 1. The van der Waals surface area contributed by atoms with Crippen molar-refractivity contribution in [3.63, 3.8) is 0 Å². The number of benzene rings is 3. The summed E-state index contributed by atoms with van der Waals surface area (Å²) in [5, 5.41) is 37.2. The number of Topliss-reactive ketones (excluding diaryl/α,β-unsaturated/α-hetero) is 2. The summed E-state index contributed by atoms with van der Waals surface area (Å²) >= 11 is 0. The van der Waals surface area contributed by atoms with E-state index in [4.69, 9.17) is 49.5 Å². The molecule has 3 rings (SSSR count). The smallest absolute Gasteiger partial charge is 0.540 e. The Morgan fingerprint density at radius 1 is 0.557 bits per heavy atom. The van der Waals surface area contributed by atoms with Gasteiger partial charge in [0.05, 0.1) is 18.1 Å². The van der Waals surface area contributed by atoms with Gasteiger partial charge in [0.2, 0.25) is 5.91 Å². The number of unbranched alkanes of at least 4 members (excludes halogenated alkanes) is 1. The van der Waals surface area contributed by atoms with E-state index in [1.807, 2.05) is 134 Å². The van der Waals surface area contributed by atoms with Crippen molar-refractivity contribution in [1.29, 1.82) is 0 Å². The number of ketones is 2. The van der Waals surface area contributed by atoms with E-state index < -0.39 is 95.1 Å². The number of carboxylic acids is 1. The Morgan fingerprint density at radius 2 is 0.915 bits per heavy atom. The Balaban J connectivity index is -0.0000000823. The minimum atomic E-state index is -1.31. The van der Waals surface area contributed by atoms with E-state index in [0.717, 1.165) is 5.56 Å². The van der Waals surface area contributed by atoms with Crippen molar-refractivity contribution in [2.75, 3.05) is 13.1 Å². The fourth-order valence-corrected chi connectivity index (χ4v) is 6.81. The maximum atomic E-state index is 13.6. The summed E-state index contributed by atoms with van der Waals surface area (Å²) in [6.45, 7) is 46.6. The molecule has 0 saturated heterocycles. The average Bonchev–Trinajstić information content (AvgIpc) is 0.839. The number of carbonyl (C=O) groups excluding carboxylic acids is 8. The average molecular weight is 1530 g/mol. The normalized spacial score (nSPS) is 11.3. The van der Waals surface area contributed by atoms with Crippen LogP contribution in [0.15, 0.2) is 89.9 Å². The van der Waals surface area contributed by atoms with Gasteiger partial charge in [0.25, 0.3) is 18.0 Å². The molecule has 27 heteroatoms. The van der Waals surface area contributed by atoms with Gasteiger partial charge in [-0.3, -0.25) is 49.7 Å². The number of nitrogens with zero attached hydrogens (tertiary/aromatic N) is 1. The predicted molar refractivity (Wildman–Crippen MR) is 439 cm³/mol. The Morgan fingerprint density at radius 3 is 1.22 bits per heavy atom. The number of aromatic hydroxyl groups is 1. The molecule has 26 nitrogen and oxygen atoms in total. The molecular formula is C79H159N10NaO16. The van der Waals surface area contributed by atoms with Gasteiger partial charge in [-0.1, -0.05) is 219 Å². The van der Waals surface area contributed by atoms with E-state index in [-0.39, 0.29) is 118 Å². The Kier molecular flexibility index (Phi) is 102. The van der Waals surface area contributed by atoms with Crippen molar-refractivity contribution in [1.82, 2.24) is 21.4 Å². The molecule has 106 heavy (non-hydrogen) atoms. The zero-order chi connectivity index (χ0) is 80.0. The number of phenols is 1. The molecule has 1 amide bonds. The van der Waals surface area contributed by atoms with Crippen LogP contribution in [0.4, 0.5) is 0 Å². The quantitative estimate of drug-likeness (QED) is 0.00275. The fraction of sp³-hybridized carbons (Fsp3) is 0.646.